The Morgan fingerprint density at radius 3 is 2.69 bits per heavy atom. The number of fused-ring (bicyclic) bond motifs is 1. The third kappa shape index (κ3) is 5.83. The molecule has 1 amide bonds. The molecule has 29 heavy (non-hydrogen) atoms. The van der Waals surface area contributed by atoms with E-state index in [0.717, 1.165) is 66.9 Å². The SMILES string of the molecule is CCC(=O)NCCCCCc1nc2ccccc2n1CCOc1ccccc1C. The number of hydrogen-bond acceptors (Lipinski definition) is 3. The molecule has 1 heterocycles. The van der Waals surface area contributed by atoms with Gasteiger partial charge >= 0.3 is 0 Å². The van der Waals surface area contributed by atoms with E-state index in [1.807, 2.05) is 31.2 Å². The molecule has 2 aromatic carbocycles. The summed E-state index contributed by atoms with van der Waals surface area (Å²) in [5.74, 6) is 2.17. The molecule has 0 atom stereocenters. The van der Waals surface area contributed by atoms with Gasteiger partial charge in [-0.15, -0.1) is 0 Å². The minimum absolute atomic E-state index is 0.125. The second-order valence-electron chi connectivity index (χ2n) is 7.30. The average Bonchev–Trinajstić information content (AvgIpc) is 3.09. The topological polar surface area (TPSA) is 56.2 Å². The Balaban J connectivity index is 1.57. The summed E-state index contributed by atoms with van der Waals surface area (Å²) >= 11 is 0. The van der Waals surface area contributed by atoms with Crippen LogP contribution in [0.5, 0.6) is 5.75 Å². The predicted molar refractivity (Wildman–Crippen MR) is 117 cm³/mol. The summed E-state index contributed by atoms with van der Waals surface area (Å²) < 4.78 is 8.30. The van der Waals surface area contributed by atoms with E-state index in [1.54, 1.807) is 0 Å². The molecule has 0 aliphatic rings. The fraction of sp³-hybridized carbons (Fsp3) is 0.417. The number of ether oxygens (including phenoxy) is 1. The van der Waals surface area contributed by atoms with Gasteiger partial charge in [-0.1, -0.05) is 43.7 Å². The van der Waals surface area contributed by atoms with Crippen LogP contribution in [0.4, 0.5) is 0 Å². The van der Waals surface area contributed by atoms with Gasteiger partial charge in [0.25, 0.3) is 0 Å². The third-order valence-electron chi connectivity index (χ3n) is 5.12. The molecule has 0 saturated carbocycles. The highest BCUT2D eigenvalue weighted by atomic mass is 16.5. The molecule has 0 spiro atoms. The highest BCUT2D eigenvalue weighted by Gasteiger charge is 2.10. The molecule has 0 bridgehead atoms. The van der Waals surface area contributed by atoms with Crippen LogP contribution in [0.25, 0.3) is 11.0 Å². The number of carbonyl (C=O) groups excluding carboxylic acids is 1. The second-order valence-corrected chi connectivity index (χ2v) is 7.30. The van der Waals surface area contributed by atoms with Crippen molar-refractivity contribution in [3.63, 3.8) is 0 Å². The number of amides is 1. The lowest BCUT2D eigenvalue weighted by atomic mass is 10.2. The number of nitrogens with zero attached hydrogens (tertiary/aromatic N) is 2. The molecule has 1 N–H and O–H groups in total. The standard InChI is InChI=1S/C24H31N3O2/c1-3-24(28)25-16-10-4-5-15-23-26-20-12-7-8-13-21(20)27(23)17-18-29-22-14-9-6-11-19(22)2/h6-9,11-14H,3-5,10,15-18H2,1-2H3,(H,25,28). The highest BCUT2D eigenvalue weighted by Crippen LogP contribution is 2.19. The van der Waals surface area contributed by atoms with E-state index in [9.17, 15) is 4.79 Å². The number of para-hydroxylation sites is 3. The lowest BCUT2D eigenvalue weighted by Crippen LogP contribution is -2.23. The van der Waals surface area contributed by atoms with Gasteiger partial charge < -0.3 is 14.6 Å². The number of imidazole rings is 1. The number of unbranched alkanes of at least 4 members (excludes halogenated alkanes) is 2. The van der Waals surface area contributed by atoms with Gasteiger partial charge in [-0.25, -0.2) is 4.98 Å². The number of aromatic nitrogens is 2. The Morgan fingerprint density at radius 2 is 1.86 bits per heavy atom. The Morgan fingerprint density at radius 1 is 1.07 bits per heavy atom. The predicted octanol–water partition coefficient (Wildman–Crippen LogP) is 4.66. The van der Waals surface area contributed by atoms with Crippen LogP contribution in [-0.4, -0.2) is 28.6 Å². The summed E-state index contributed by atoms with van der Waals surface area (Å²) in [4.78, 5) is 16.2. The van der Waals surface area contributed by atoms with Crippen molar-refractivity contribution in [1.29, 1.82) is 0 Å². The molecule has 0 saturated heterocycles. The van der Waals surface area contributed by atoms with Gasteiger partial charge in [0, 0.05) is 19.4 Å². The van der Waals surface area contributed by atoms with Crippen LogP contribution in [0.3, 0.4) is 0 Å². The van der Waals surface area contributed by atoms with Crippen LogP contribution in [0.1, 0.15) is 44.0 Å². The Bertz CT molecular complexity index is 933. The molecular formula is C24H31N3O2. The van der Waals surface area contributed by atoms with E-state index < -0.39 is 0 Å². The number of benzene rings is 2. The molecule has 0 aliphatic carbocycles. The first-order valence-electron chi connectivity index (χ1n) is 10.6. The van der Waals surface area contributed by atoms with Crippen LogP contribution in [-0.2, 0) is 17.8 Å². The number of rotatable bonds is 11. The van der Waals surface area contributed by atoms with E-state index in [1.165, 1.54) is 0 Å². The quantitative estimate of drug-likeness (QED) is 0.482. The maximum absolute atomic E-state index is 11.3. The lowest BCUT2D eigenvalue weighted by Gasteiger charge is -2.12. The number of aryl methyl sites for hydroxylation is 2. The molecule has 5 heteroatoms. The molecule has 0 fully saturated rings. The molecule has 3 aromatic rings. The van der Waals surface area contributed by atoms with E-state index in [2.05, 4.69) is 41.1 Å². The molecule has 154 valence electrons. The van der Waals surface area contributed by atoms with Crippen molar-refractivity contribution in [3.05, 3.63) is 59.9 Å². The van der Waals surface area contributed by atoms with Crippen molar-refractivity contribution >= 4 is 16.9 Å². The monoisotopic (exact) mass is 393 g/mol. The molecule has 5 nitrogen and oxygen atoms in total. The van der Waals surface area contributed by atoms with Crippen molar-refractivity contribution in [2.24, 2.45) is 0 Å². The van der Waals surface area contributed by atoms with Crippen LogP contribution < -0.4 is 10.1 Å². The molecular weight excluding hydrogens is 362 g/mol. The second kappa shape index (κ2) is 10.6. The van der Waals surface area contributed by atoms with Gasteiger partial charge in [0.15, 0.2) is 0 Å². The number of nitrogens with one attached hydrogen (secondary N) is 1. The largest absolute Gasteiger partial charge is 0.491 e. The normalized spacial score (nSPS) is 11.0. The maximum Gasteiger partial charge on any atom is 0.219 e. The zero-order valence-corrected chi connectivity index (χ0v) is 17.5. The summed E-state index contributed by atoms with van der Waals surface area (Å²) in [5.41, 5.74) is 3.35. The van der Waals surface area contributed by atoms with Crippen molar-refractivity contribution in [2.45, 2.75) is 52.5 Å². The molecule has 3 rings (SSSR count). The van der Waals surface area contributed by atoms with Crippen LogP contribution in [0, 0.1) is 6.92 Å². The summed E-state index contributed by atoms with van der Waals surface area (Å²) in [6, 6.07) is 16.4. The Labute approximate surface area is 173 Å². The van der Waals surface area contributed by atoms with Crippen molar-refractivity contribution in [2.75, 3.05) is 13.2 Å². The Kier molecular flexibility index (Phi) is 7.68. The Hall–Kier alpha value is -2.82. The minimum atomic E-state index is 0.125. The fourth-order valence-corrected chi connectivity index (χ4v) is 3.47. The first kappa shape index (κ1) is 20.9. The number of carbonyl (C=O) groups is 1. The van der Waals surface area contributed by atoms with Crippen molar-refractivity contribution in [1.82, 2.24) is 14.9 Å². The smallest absolute Gasteiger partial charge is 0.219 e. The van der Waals surface area contributed by atoms with Gasteiger partial charge in [-0.05, 0) is 43.5 Å². The van der Waals surface area contributed by atoms with Crippen LogP contribution in [0.2, 0.25) is 0 Å². The maximum atomic E-state index is 11.3. The molecule has 0 unspecified atom stereocenters. The van der Waals surface area contributed by atoms with E-state index in [0.29, 0.717) is 13.0 Å². The first-order chi connectivity index (χ1) is 14.2. The molecule has 0 radical (unpaired) electrons. The van der Waals surface area contributed by atoms with Gasteiger partial charge in [0.05, 0.1) is 17.6 Å². The van der Waals surface area contributed by atoms with E-state index in [-0.39, 0.29) is 5.91 Å². The molecule has 0 aliphatic heterocycles. The summed E-state index contributed by atoms with van der Waals surface area (Å²) in [5, 5.41) is 2.94. The van der Waals surface area contributed by atoms with Gasteiger partial charge in [0.2, 0.25) is 5.91 Å². The lowest BCUT2D eigenvalue weighted by molar-refractivity contribution is -0.120. The minimum Gasteiger partial charge on any atom is -0.491 e. The van der Waals surface area contributed by atoms with Crippen molar-refractivity contribution in [3.8, 4) is 5.75 Å². The summed E-state index contributed by atoms with van der Waals surface area (Å²) in [6.07, 6.45) is 4.62. The highest BCUT2D eigenvalue weighted by molar-refractivity contribution is 5.76. The summed E-state index contributed by atoms with van der Waals surface area (Å²) in [6.45, 7) is 6.09. The van der Waals surface area contributed by atoms with E-state index >= 15 is 0 Å². The molecule has 1 aromatic heterocycles. The van der Waals surface area contributed by atoms with Crippen LogP contribution in [0.15, 0.2) is 48.5 Å². The van der Waals surface area contributed by atoms with Gasteiger partial charge in [0.1, 0.15) is 18.2 Å². The third-order valence-corrected chi connectivity index (χ3v) is 5.12. The van der Waals surface area contributed by atoms with Crippen LogP contribution >= 0.6 is 0 Å². The number of hydrogen-bond donors (Lipinski definition) is 1. The van der Waals surface area contributed by atoms with Gasteiger partial charge in [-0.2, -0.15) is 0 Å². The fourth-order valence-electron chi connectivity index (χ4n) is 3.47. The average molecular weight is 394 g/mol. The zero-order valence-electron chi connectivity index (χ0n) is 17.5. The first-order valence-corrected chi connectivity index (χ1v) is 10.6. The summed E-state index contributed by atoms with van der Waals surface area (Å²) in [7, 11) is 0. The zero-order chi connectivity index (χ0) is 20.5. The van der Waals surface area contributed by atoms with Gasteiger partial charge in [-0.3, -0.25) is 4.79 Å². The van der Waals surface area contributed by atoms with Crippen molar-refractivity contribution < 1.29 is 9.53 Å². The van der Waals surface area contributed by atoms with E-state index in [4.69, 9.17) is 9.72 Å².